The topological polar surface area (TPSA) is 37.4 Å². The van der Waals surface area contributed by atoms with Gasteiger partial charge in [-0.3, -0.25) is 9.59 Å². The molecule has 130 valence electrons. The fourth-order valence-corrected chi connectivity index (χ4v) is 3.46. The molecule has 3 rings (SSSR count). The number of Topliss-reactive ketones (excluding diaryl/α,β-unsaturated/α-hetero) is 1. The van der Waals surface area contributed by atoms with E-state index in [1.165, 1.54) is 12.1 Å². The first-order valence-electron chi connectivity index (χ1n) is 8.36. The smallest absolute Gasteiger partial charge is 0.224 e. The molecule has 2 aromatic carbocycles. The third-order valence-electron chi connectivity index (χ3n) is 4.25. The summed E-state index contributed by atoms with van der Waals surface area (Å²) < 4.78 is 12.9. The predicted molar refractivity (Wildman–Crippen MR) is 96.9 cm³/mol. The van der Waals surface area contributed by atoms with E-state index in [1.54, 1.807) is 28.8 Å². The molecule has 3 nitrogen and oxygen atoms in total. The van der Waals surface area contributed by atoms with E-state index in [2.05, 4.69) is 0 Å². The Morgan fingerprint density at radius 1 is 1.04 bits per heavy atom. The summed E-state index contributed by atoms with van der Waals surface area (Å²) in [5.74, 6) is 0.770. The lowest BCUT2D eigenvalue weighted by Crippen LogP contribution is -2.46. The van der Waals surface area contributed by atoms with Gasteiger partial charge in [0.15, 0.2) is 5.78 Å². The number of hydrogen-bond acceptors (Lipinski definition) is 3. The Bertz CT molecular complexity index is 743. The van der Waals surface area contributed by atoms with Crippen LogP contribution in [-0.4, -0.2) is 29.7 Å². The second-order valence-corrected chi connectivity index (χ2v) is 7.21. The highest BCUT2D eigenvalue weighted by atomic mass is 32.2. The minimum Gasteiger partial charge on any atom is -0.335 e. The number of β-lactam (4-membered cyclic amide) rings is 1. The van der Waals surface area contributed by atoms with Crippen molar-refractivity contribution in [3.63, 3.8) is 0 Å². The van der Waals surface area contributed by atoms with Crippen molar-refractivity contribution in [3.8, 4) is 0 Å². The van der Waals surface area contributed by atoms with E-state index in [0.717, 1.165) is 21.8 Å². The van der Waals surface area contributed by atoms with Crippen molar-refractivity contribution in [2.75, 3.05) is 13.1 Å². The fourth-order valence-electron chi connectivity index (χ4n) is 2.60. The van der Waals surface area contributed by atoms with E-state index >= 15 is 0 Å². The number of ketones is 1. The Morgan fingerprint density at radius 2 is 1.72 bits per heavy atom. The quantitative estimate of drug-likeness (QED) is 0.532. The van der Waals surface area contributed by atoms with Crippen molar-refractivity contribution in [3.05, 3.63) is 65.5 Å². The number of benzene rings is 2. The molecule has 1 aliphatic rings. The zero-order chi connectivity index (χ0) is 17.6. The zero-order valence-corrected chi connectivity index (χ0v) is 14.7. The molecule has 0 unspecified atom stereocenters. The Kier molecular flexibility index (Phi) is 5.87. The van der Waals surface area contributed by atoms with E-state index in [-0.39, 0.29) is 24.1 Å². The molecular formula is C20H20FNO2S. The van der Waals surface area contributed by atoms with Crippen LogP contribution in [0.5, 0.6) is 0 Å². The third-order valence-corrected chi connectivity index (χ3v) is 5.33. The SMILES string of the molecule is O=C(CCc1ccc(SCc2ccc(F)cc2)cc1)CN1CCC1=O. The first-order valence-corrected chi connectivity index (χ1v) is 9.34. The second kappa shape index (κ2) is 8.30. The van der Waals surface area contributed by atoms with Crippen LogP contribution >= 0.6 is 11.8 Å². The van der Waals surface area contributed by atoms with Crippen molar-refractivity contribution >= 4 is 23.5 Å². The molecule has 5 heteroatoms. The maximum Gasteiger partial charge on any atom is 0.224 e. The molecule has 0 aliphatic carbocycles. The highest BCUT2D eigenvalue weighted by Crippen LogP contribution is 2.23. The van der Waals surface area contributed by atoms with Gasteiger partial charge in [-0.15, -0.1) is 11.8 Å². The molecule has 1 saturated heterocycles. The van der Waals surface area contributed by atoms with Crippen molar-refractivity contribution in [2.45, 2.75) is 29.9 Å². The number of hydrogen-bond donors (Lipinski definition) is 0. The number of carbonyl (C=O) groups excluding carboxylic acids is 2. The second-order valence-electron chi connectivity index (χ2n) is 6.16. The van der Waals surface area contributed by atoms with Gasteiger partial charge in [-0.1, -0.05) is 24.3 Å². The number of halogens is 1. The Labute approximate surface area is 151 Å². The Morgan fingerprint density at radius 3 is 2.32 bits per heavy atom. The monoisotopic (exact) mass is 357 g/mol. The van der Waals surface area contributed by atoms with Gasteiger partial charge in [0.1, 0.15) is 5.82 Å². The normalized spacial score (nSPS) is 13.6. The number of thioether (sulfide) groups is 1. The van der Waals surface area contributed by atoms with Gasteiger partial charge < -0.3 is 4.90 Å². The van der Waals surface area contributed by atoms with Crippen LogP contribution < -0.4 is 0 Å². The summed E-state index contributed by atoms with van der Waals surface area (Å²) in [7, 11) is 0. The van der Waals surface area contributed by atoms with Crippen molar-refractivity contribution < 1.29 is 14.0 Å². The number of carbonyl (C=O) groups is 2. The predicted octanol–water partition coefficient (Wildman–Crippen LogP) is 3.85. The molecule has 0 bridgehead atoms. The van der Waals surface area contributed by atoms with E-state index in [1.807, 2.05) is 24.3 Å². The van der Waals surface area contributed by atoms with E-state index in [0.29, 0.717) is 25.8 Å². The molecule has 1 heterocycles. The highest BCUT2D eigenvalue weighted by Gasteiger charge is 2.25. The van der Waals surface area contributed by atoms with E-state index in [9.17, 15) is 14.0 Å². The number of likely N-dealkylation sites (tertiary alicyclic amines) is 1. The summed E-state index contributed by atoms with van der Waals surface area (Å²) in [6, 6.07) is 14.7. The van der Waals surface area contributed by atoms with Crippen LogP contribution in [0, 0.1) is 5.82 Å². The largest absolute Gasteiger partial charge is 0.335 e. The lowest BCUT2D eigenvalue weighted by Gasteiger charge is -2.29. The molecule has 1 amide bonds. The molecule has 0 spiro atoms. The first kappa shape index (κ1) is 17.7. The van der Waals surface area contributed by atoms with Crippen LogP contribution in [0.4, 0.5) is 4.39 Å². The average molecular weight is 357 g/mol. The van der Waals surface area contributed by atoms with Crippen LogP contribution in [-0.2, 0) is 21.8 Å². The lowest BCUT2D eigenvalue weighted by molar-refractivity contribution is -0.143. The molecule has 0 radical (unpaired) electrons. The third kappa shape index (κ3) is 5.16. The zero-order valence-electron chi connectivity index (χ0n) is 13.9. The van der Waals surface area contributed by atoms with Crippen LogP contribution in [0.15, 0.2) is 53.4 Å². The average Bonchev–Trinajstić information content (AvgIpc) is 2.63. The number of aryl methyl sites for hydroxylation is 1. The van der Waals surface area contributed by atoms with Crippen LogP contribution in [0.1, 0.15) is 24.0 Å². The molecule has 1 aliphatic heterocycles. The summed E-state index contributed by atoms with van der Waals surface area (Å²) in [5.41, 5.74) is 2.20. The Hall–Kier alpha value is -2.14. The molecular weight excluding hydrogens is 337 g/mol. The first-order chi connectivity index (χ1) is 12.1. The molecule has 2 aromatic rings. The van der Waals surface area contributed by atoms with Gasteiger partial charge in [0.2, 0.25) is 5.91 Å². The highest BCUT2D eigenvalue weighted by molar-refractivity contribution is 7.98. The fraction of sp³-hybridized carbons (Fsp3) is 0.300. The van der Waals surface area contributed by atoms with Gasteiger partial charge in [-0.25, -0.2) is 4.39 Å². The lowest BCUT2D eigenvalue weighted by atomic mass is 10.1. The number of nitrogens with zero attached hydrogens (tertiary/aromatic N) is 1. The van der Waals surface area contributed by atoms with Gasteiger partial charge >= 0.3 is 0 Å². The van der Waals surface area contributed by atoms with Gasteiger partial charge in [-0.2, -0.15) is 0 Å². The standard InChI is InChI=1S/C20H20FNO2S/c21-17-6-1-16(2-7-17)14-25-19-9-4-15(5-10-19)3-8-18(23)13-22-12-11-20(22)24/h1-2,4-7,9-10H,3,8,11-14H2. The maximum atomic E-state index is 12.9. The summed E-state index contributed by atoms with van der Waals surface area (Å²) in [6.07, 6.45) is 1.74. The van der Waals surface area contributed by atoms with Gasteiger partial charge in [0, 0.05) is 30.0 Å². The molecule has 0 N–H and O–H groups in total. The van der Waals surface area contributed by atoms with Crippen LogP contribution in [0.2, 0.25) is 0 Å². The summed E-state index contributed by atoms with van der Waals surface area (Å²) in [6.45, 7) is 0.967. The summed E-state index contributed by atoms with van der Waals surface area (Å²) in [4.78, 5) is 25.9. The Balaban J connectivity index is 1.42. The van der Waals surface area contributed by atoms with Gasteiger partial charge in [-0.05, 0) is 41.8 Å². The molecule has 0 aromatic heterocycles. The van der Waals surface area contributed by atoms with Gasteiger partial charge in [0.05, 0.1) is 6.54 Å². The number of rotatable bonds is 8. The van der Waals surface area contributed by atoms with Crippen LogP contribution in [0.25, 0.3) is 0 Å². The maximum absolute atomic E-state index is 12.9. The number of amides is 1. The van der Waals surface area contributed by atoms with E-state index in [4.69, 9.17) is 0 Å². The van der Waals surface area contributed by atoms with Crippen molar-refractivity contribution in [1.29, 1.82) is 0 Å². The van der Waals surface area contributed by atoms with E-state index < -0.39 is 0 Å². The molecule has 25 heavy (non-hydrogen) atoms. The minimum absolute atomic E-state index is 0.0795. The molecule has 0 atom stereocenters. The van der Waals surface area contributed by atoms with Crippen molar-refractivity contribution in [2.24, 2.45) is 0 Å². The van der Waals surface area contributed by atoms with Crippen LogP contribution in [0.3, 0.4) is 0 Å². The van der Waals surface area contributed by atoms with Crippen molar-refractivity contribution in [1.82, 2.24) is 4.90 Å². The summed E-state index contributed by atoms with van der Waals surface area (Å²) >= 11 is 1.70. The summed E-state index contributed by atoms with van der Waals surface area (Å²) in [5, 5.41) is 0. The molecule has 1 fully saturated rings. The van der Waals surface area contributed by atoms with Gasteiger partial charge in [0.25, 0.3) is 0 Å². The molecule has 0 saturated carbocycles. The minimum atomic E-state index is -0.217.